The van der Waals surface area contributed by atoms with Gasteiger partial charge in [-0.05, 0) is 43.9 Å². The largest absolute Gasteiger partial charge is 0.377 e. The molecule has 3 heteroatoms. The van der Waals surface area contributed by atoms with Crippen LogP contribution in [0.15, 0.2) is 0 Å². The van der Waals surface area contributed by atoms with E-state index >= 15 is 0 Å². The van der Waals surface area contributed by atoms with Crippen LogP contribution < -0.4 is 11.1 Å². The van der Waals surface area contributed by atoms with Crippen LogP contribution >= 0.6 is 0 Å². The zero-order valence-corrected chi connectivity index (χ0v) is 11.4. The molecule has 0 aromatic rings. The molecule has 3 nitrogen and oxygen atoms in total. The van der Waals surface area contributed by atoms with E-state index < -0.39 is 0 Å². The van der Waals surface area contributed by atoms with E-state index in [2.05, 4.69) is 19.2 Å². The maximum atomic E-state index is 6.03. The maximum Gasteiger partial charge on any atom is 0.0700 e. The Hall–Kier alpha value is -0.120. The molecule has 2 rings (SSSR count). The molecule has 1 saturated carbocycles. The number of rotatable bonds is 4. The van der Waals surface area contributed by atoms with Gasteiger partial charge < -0.3 is 15.8 Å². The van der Waals surface area contributed by atoms with Crippen molar-refractivity contribution in [1.29, 1.82) is 0 Å². The number of nitrogens with one attached hydrogen (secondary N) is 1. The third-order valence-electron chi connectivity index (χ3n) is 4.88. The number of nitrogens with two attached hydrogens (primary N) is 1. The molecule has 1 saturated heterocycles. The monoisotopic (exact) mass is 240 g/mol. The van der Waals surface area contributed by atoms with E-state index in [-0.39, 0.29) is 5.54 Å². The molecule has 0 aromatic heterocycles. The first-order valence-corrected chi connectivity index (χ1v) is 7.22. The molecule has 0 radical (unpaired) electrons. The van der Waals surface area contributed by atoms with Crippen molar-refractivity contribution in [3.8, 4) is 0 Å². The van der Waals surface area contributed by atoms with Gasteiger partial charge in [-0.15, -0.1) is 0 Å². The van der Waals surface area contributed by atoms with E-state index in [1.807, 2.05) is 0 Å². The molecule has 0 spiro atoms. The van der Waals surface area contributed by atoms with Crippen LogP contribution in [0.25, 0.3) is 0 Å². The second kappa shape index (κ2) is 5.68. The Labute approximate surface area is 105 Å². The summed E-state index contributed by atoms with van der Waals surface area (Å²) in [5.74, 6) is 1.63. The van der Waals surface area contributed by atoms with Crippen LogP contribution in [0.3, 0.4) is 0 Å². The number of ether oxygens (including phenoxy) is 1. The van der Waals surface area contributed by atoms with Gasteiger partial charge in [0.05, 0.1) is 6.10 Å². The second-order valence-electron chi connectivity index (χ2n) is 6.20. The van der Waals surface area contributed by atoms with Crippen LogP contribution in [0, 0.1) is 11.8 Å². The standard InChI is InChI=1S/C14H28N2O/c1-11-5-6-14(10-15,8-12(11)2)16-9-13-4-3-7-17-13/h11-13,16H,3-10,15H2,1-2H3. The predicted octanol–water partition coefficient (Wildman–Crippen LogP) is 1.91. The van der Waals surface area contributed by atoms with Crippen LogP contribution in [-0.2, 0) is 4.74 Å². The van der Waals surface area contributed by atoms with Crippen LogP contribution in [0.5, 0.6) is 0 Å². The summed E-state index contributed by atoms with van der Waals surface area (Å²) in [6.07, 6.45) is 6.60. The van der Waals surface area contributed by atoms with Gasteiger partial charge in [-0.3, -0.25) is 0 Å². The first kappa shape index (κ1) is 13.3. The Balaban J connectivity index is 1.85. The van der Waals surface area contributed by atoms with Gasteiger partial charge in [0.1, 0.15) is 0 Å². The third kappa shape index (κ3) is 3.21. The lowest BCUT2D eigenvalue weighted by molar-refractivity contribution is 0.0841. The summed E-state index contributed by atoms with van der Waals surface area (Å²) in [4.78, 5) is 0. The summed E-state index contributed by atoms with van der Waals surface area (Å²) in [7, 11) is 0. The van der Waals surface area contributed by atoms with Gasteiger partial charge in [-0.25, -0.2) is 0 Å². The molecule has 4 unspecified atom stereocenters. The van der Waals surface area contributed by atoms with E-state index in [1.54, 1.807) is 0 Å². The minimum absolute atomic E-state index is 0.178. The van der Waals surface area contributed by atoms with Crippen molar-refractivity contribution in [2.24, 2.45) is 17.6 Å². The van der Waals surface area contributed by atoms with Gasteiger partial charge in [-0.2, -0.15) is 0 Å². The van der Waals surface area contributed by atoms with Crippen LogP contribution in [0.4, 0.5) is 0 Å². The SMILES string of the molecule is CC1CCC(CN)(NCC2CCCO2)CC1C. The first-order chi connectivity index (χ1) is 8.15. The molecule has 2 aliphatic rings. The highest BCUT2D eigenvalue weighted by Crippen LogP contribution is 2.35. The highest BCUT2D eigenvalue weighted by atomic mass is 16.5. The van der Waals surface area contributed by atoms with E-state index in [0.29, 0.717) is 6.10 Å². The van der Waals surface area contributed by atoms with Crippen molar-refractivity contribution >= 4 is 0 Å². The third-order valence-corrected chi connectivity index (χ3v) is 4.88. The summed E-state index contributed by atoms with van der Waals surface area (Å²) in [5, 5.41) is 3.73. The molecule has 0 amide bonds. The van der Waals surface area contributed by atoms with E-state index in [1.165, 1.54) is 32.1 Å². The fourth-order valence-corrected chi connectivity index (χ4v) is 3.26. The van der Waals surface area contributed by atoms with Crippen molar-refractivity contribution in [3.63, 3.8) is 0 Å². The molecule has 2 fully saturated rings. The van der Waals surface area contributed by atoms with Gasteiger partial charge in [0.2, 0.25) is 0 Å². The van der Waals surface area contributed by atoms with Gasteiger partial charge >= 0.3 is 0 Å². The average molecular weight is 240 g/mol. The Morgan fingerprint density at radius 1 is 1.29 bits per heavy atom. The zero-order valence-electron chi connectivity index (χ0n) is 11.4. The van der Waals surface area contributed by atoms with Crippen LogP contribution in [0.1, 0.15) is 46.0 Å². The van der Waals surface area contributed by atoms with Gasteiger partial charge in [0.25, 0.3) is 0 Å². The van der Waals surface area contributed by atoms with Crippen molar-refractivity contribution in [2.45, 2.75) is 57.6 Å². The molecule has 0 bridgehead atoms. The Morgan fingerprint density at radius 3 is 2.71 bits per heavy atom. The summed E-state index contributed by atoms with van der Waals surface area (Å²) in [5.41, 5.74) is 6.21. The molecule has 3 N–H and O–H groups in total. The van der Waals surface area contributed by atoms with E-state index in [4.69, 9.17) is 10.5 Å². The minimum atomic E-state index is 0.178. The molecule has 100 valence electrons. The number of hydrogen-bond acceptors (Lipinski definition) is 3. The molecule has 0 aromatic carbocycles. The lowest BCUT2D eigenvalue weighted by Gasteiger charge is -2.43. The number of hydrogen-bond donors (Lipinski definition) is 2. The van der Waals surface area contributed by atoms with E-state index in [0.717, 1.165) is 31.5 Å². The van der Waals surface area contributed by atoms with Crippen molar-refractivity contribution in [3.05, 3.63) is 0 Å². The Bertz CT molecular complexity index is 240. The summed E-state index contributed by atoms with van der Waals surface area (Å²) in [6.45, 7) is 7.41. The first-order valence-electron chi connectivity index (χ1n) is 7.22. The fourth-order valence-electron chi connectivity index (χ4n) is 3.26. The summed E-state index contributed by atoms with van der Waals surface area (Å²) < 4.78 is 5.68. The predicted molar refractivity (Wildman–Crippen MR) is 70.9 cm³/mol. The second-order valence-corrected chi connectivity index (χ2v) is 6.20. The zero-order chi connectivity index (χ0) is 12.3. The van der Waals surface area contributed by atoms with E-state index in [9.17, 15) is 0 Å². The molecular formula is C14H28N2O. The molecular weight excluding hydrogens is 212 g/mol. The average Bonchev–Trinajstić information content (AvgIpc) is 2.84. The topological polar surface area (TPSA) is 47.3 Å². The Morgan fingerprint density at radius 2 is 2.12 bits per heavy atom. The molecule has 1 aliphatic heterocycles. The highest BCUT2D eigenvalue weighted by Gasteiger charge is 2.36. The summed E-state index contributed by atoms with van der Waals surface area (Å²) >= 11 is 0. The molecule has 1 aliphatic carbocycles. The lowest BCUT2D eigenvalue weighted by Crippen LogP contribution is -2.56. The quantitative estimate of drug-likeness (QED) is 0.789. The van der Waals surface area contributed by atoms with Crippen molar-refractivity contribution in [2.75, 3.05) is 19.7 Å². The lowest BCUT2D eigenvalue weighted by atomic mass is 9.71. The smallest absolute Gasteiger partial charge is 0.0700 e. The van der Waals surface area contributed by atoms with Crippen LogP contribution in [0.2, 0.25) is 0 Å². The molecule has 17 heavy (non-hydrogen) atoms. The van der Waals surface area contributed by atoms with Crippen molar-refractivity contribution < 1.29 is 4.74 Å². The minimum Gasteiger partial charge on any atom is -0.377 e. The van der Waals surface area contributed by atoms with Gasteiger partial charge in [0, 0.05) is 25.2 Å². The molecule has 1 heterocycles. The molecule has 4 atom stereocenters. The van der Waals surface area contributed by atoms with Gasteiger partial charge in [0.15, 0.2) is 0 Å². The summed E-state index contributed by atoms with van der Waals surface area (Å²) in [6, 6.07) is 0. The van der Waals surface area contributed by atoms with Crippen LogP contribution in [-0.4, -0.2) is 31.3 Å². The fraction of sp³-hybridized carbons (Fsp3) is 1.00. The van der Waals surface area contributed by atoms with Gasteiger partial charge in [-0.1, -0.05) is 13.8 Å². The Kier molecular flexibility index (Phi) is 4.45. The maximum absolute atomic E-state index is 6.03. The van der Waals surface area contributed by atoms with Crippen molar-refractivity contribution in [1.82, 2.24) is 5.32 Å². The normalized spacial score (nSPS) is 42.9. The highest BCUT2D eigenvalue weighted by molar-refractivity contribution is 4.96.